The molecule has 1 fully saturated rings. The summed E-state index contributed by atoms with van der Waals surface area (Å²) in [6.45, 7) is 5.48. The number of carbonyl (C=O) groups is 1. The summed E-state index contributed by atoms with van der Waals surface area (Å²) in [5.74, 6) is 1.22. The summed E-state index contributed by atoms with van der Waals surface area (Å²) in [5.41, 5.74) is 3.55. The highest BCUT2D eigenvalue weighted by Gasteiger charge is 2.23. The van der Waals surface area contributed by atoms with Gasteiger partial charge in [-0.1, -0.05) is 42.0 Å². The number of benzene rings is 2. The summed E-state index contributed by atoms with van der Waals surface area (Å²) in [6, 6.07) is 15.7. The molecule has 144 valence electrons. The molecule has 2 aromatic carbocycles. The van der Waals surface area contributed by atoms with Gasteiger partial charge in [0.15, 0.2) is 5.76 Å². The van der Waals surface area contributed by atoms with Gasteiger partial charge in [-0.05, 0) is 39.1 Å². The number of nitrogens with zero attached hydrogens (tertiary/aromatic N) is 3. The number of oxazole rings is 1. The number of aryl methyl sites for hydroxylation is 1. The molecule has 5 nitrogen and oxygen atoms in total. The molecule has 1 aliphatic heterocycles. The van der Waals surface area contributed by atoms with E-state index in [1.165, 1.54) is 5.56 Å². The Labute approximate surface area is 165 Å². The Hall–Kier alpha value is -2.92. The fraction of sp³-hybridized carbons (Fsp3) is 0.304. The first-order valence-corrected chi connectivity index (χ1v) is 9.72. The van der Waals surface area contributed by atoms with Crippen LogP contribution in [0, 0.1) is 6.92 Å². The van der Waals surface area contributed by atoms with Crippen LogP contribution in [0.25, 0.3) is 22.8 Å². The highest BCUT2D eigenvalue weighted by Crippen LogP contribution is 2.29. The summed E-state index contributed by atoms with van der Waals surface area (Å²) >= 11 is 0. The molecule has 1 saturated heterocycles. The Kier molecular flexibility index (Phi) is 5.26. The molecule has 1 aromatic heterocycles. The molecule has 28 heavy (non-hydrogen) atoms. The number of aromatic nitrogens is 1. The van der Waals surface area contributed by atoms with E-state index < -0.39 is 0 Å². The van der Waals surface area contributed by atoms with E-state index in [1.807, 2.05) is 53.4 Å². The number of amides is 1. The van der Waals surface area contributed by atoms with Gasteiger partial charge in [0.1, 0.15) is 0 Å². The molecular weight excluding hydrogens is 350 g/mol. The lowest BCUT2D eigenvalue weighted by Gasteiger charge is -2.21. The van der Waals surface area contributed by atoms with E-state index in [2.05, 4.69) is 23.9 Å². The molecule has 5 heteroatoms. The van der Waals surface area contributed by atoms with Crippen LogP contribution in [0.5, 0.6) is 0 Å². The first-order chi connectivity index (χ1) is 13.6. The first kappa shape index (κ1) is 18.4. The molecule has 4 rings (SSSR count). The summed E-state index contributed by atoms with van der Waals surface area (Å²) < 4.78 is 6.03. The third-order valence-corrected chi connectivity index (χ3v) is 5.24. The van der Waals surface area contributed by atoms with Crippen LogP contribution in [0.2, 0.25) is 0 Å². The Morgan fingerprint density at radius 1 is 1.00 bits per heavy atom. The monoisotopic (exact) mass is 375 g/mol. The normalized spacial score (nSPS) is 15.4. The molecular formula is C23H25N3O2. The van der Waals surface area contributed by atoms with Gasteiger partial charge in [-0.3, -0.25) is 4.79 Å². The van der Waals surface area contributed by atoms with Crippen LogP contribution >= 0.6 is 0 Å². The zero-order valence-corrected chi connectivity index (χ0v) is 16.4. The van der Waals surface area contributed by atoms with Crippen molar-refractivity contribution in [1.29, 1.82) is 0 Å². The predicted molar refractivity (Wildman–Crippen MR) is 110 cm³/mol. The molecule has 1 amide bonds. The van der Waals surface area contributed by atoms with Crippen LogP contribution in [0.3, 0.4) is 0 Å². The van der Waals surface area contributed by atoms with Crippen molar-refractivity contribution in [3.63, 3.8) is 0 Å². The minimum atomic E-state index is 0.0426. The van der Waals surface area contributed by atoms with Gasteiger partial charge in [0.25, 0.3) is 5.91 Å². The van der Waals surface area contributed by atoms with E-state index >= 15 is 0 Å². The van der Waals surface area contributed by atoms with Gasteiger partial charge in [0.05, 0.1) is 11.8 Å². The van der Waals surface area contributed by atoms with E-state index in [1.54, 1.807) is 6.20 Å². The van der Waals surface area contributed by atoms with Crippen molar-refractivity contribution in [1.82, 2.24) is 14.8 Å². The number of carbonyl (C=O) groups excluding carboxylic acids is 1. The number of hydrogen-bond donors (Lipinski definition) is 0. The zero-order chi connectivity index (χ0) is 19.5. The second-order valence-electron chi connectivity index (χ2n) is 7.39. The van der Waals surface area contributed by atoms with Crippen molar-refractivity contribution in [3.8, 4) is 22.8 Å². The minimum absolute atomic E-state index is 0.0426. The molecule has 0 radical (unpaired) electrons. The maximum absolute atomic E-state index is 13.2. The first-order valence-electron chi connectivity index (χ1n) is 9.72. The summed E-state index contributed by atoms with van der Waals surface area (Å²) in [7, 11) is 2.10. The van der Waals surface area contributed by atoms with Crippen molar-refractivity contribution in [3.05, 3.63) is 65.9 Å². The zero-order valence-electron chi connectivity index (χ0n) is 16.4. The average Bonchev–Trinajstić information content (AvgIpc) is 3.10. The topological polar surface area (TPSA) is 49.6 Å². The lowest BCUT2D eigenvalue weighted by molar-refractivity contribution is 0.0763. The fourth-order valence-electron chi connectivity index (χ4n) is 3.53. The fourth-order valence-corrected chi connectivity index (χ4v) is 3.53. The van der Waals surface area contributed by atoms with Crippen molar-refractivity contribution in [2.24, 2.45) is 0 Å². The quantitative estimate of drug-likeness (QED) is 0.692. The van der Waals surface area contributed by atoms with Crippen molar-refractivity contribution in [2.75, 3.05) is 33.2 Å². The van der Waals surface area contributed by atoms with E-state index in [0.29, 0.717) is 17.2 Å². The van der Waals surface area contributed by atoms with Crippen LogP contribution < -0.4 is 0 Å². The van der Waals surface area contributed by atoms with E-state index in [-0.39, 0.29) is 5.91 Å². The van der Waals surface area contributed by atoms with Crippen LogP contribution in [0.1, 0.15) is 22.3 Å². The molecule has 1 aliphatic rings. The summed E-state index contributed by atoms with van der Waals surface area (Å²) in [4.78, 5) is 21.9. The van der Waals surface area contributed by atoms with Gasteiger partial charge in [0.2, 0.25) is 5.89 Å². The smallest absolute Gasteiger partial charge is 0.254 e. The van der Waals surface area contributed by atoms with Gasteiger partial charge in [-0.15, -0.1) is 0 Å². The SMILES string of the molecule is Cc1ccc(-c2cnc(-c3ccccc3C(=O)N3CCCN(C)CC3)o2)cc1. The van der Waals surface area contributed by atoms with Gasteiger partial charge in [-0.2, -0.15) is 0 Å². The number of hydrogen-bond acceptors (Lipinski definition) is 4. The highest BCUT2D eigenvalue weighted by molar-refractivity contribution is 6.00. The van der Waals surface area contributed by atoms with Crippen LogP contribution in [-0.2, 0) is 0 Å². The maximum atomic E-state index is 13.2. The summed E-state index contributed by atoms with van der Waals surface area (Å²) in [6.07, 6.45) is 2.71. The standard InChI is InChI=1S/C23H25N3O2/c1-17-8-10-18(11-9-17)21-16-24-22(28-21)19-6-3-4-7-20(19)23(27)26-13-5-12-25(2)14-15-26/h3-4,6-11,16H,5,12-15H2,1-2H3. The van der Waals surface area contributed by atoms with Crippen LogP contribution in [0.4, 0.5) is 0 Å². The molecule has 0 bridgehead atoms. The van der Waals surface area contributed by atoms with E-state index in [9.17, 15) is 4.79 Å². The minimum Gasteiger partial charge on any atom is -0.436 e. The van der Waals surface area contributed by atoms with Crippen molar-refractivity contribution >= 4 is 5.91 Å². The Balaban J connectivity index is 1.63. The molecule has 0 N–H and O–H groups in total. The van der Waals surface area contributed by atoms with Gasteiger partial charge < -0.3 is 14.2 Å². The number of likely N-dealkylation sites (N-methyl/N-ethyl adjacent to an activating group) is 1. The average molecular weight is 375 g/mol. The van der Waals surface area contributed by atoms with E-state index in [4.69, 9.17) is 4.42 Å². The second kappa shape index (κ2) is 7.98. The molecule has 0 spiro atoms. The van der Waals surface area contributed by atoms with Gasteiger partial charge in [0, 0.05) is 30.8 Å². The van der Waals surface area contributed by atoms with Crippen molar-refractivity contribution in [2.45, 2.75) is 13.3 Å². The molecule has 0 saturated carbocycles. The van der Waals surface area contributed by atoms with Crippen LogP contribution in [0.15, 0.2) is 59.1 Å². The Morgan fingerprint density at radius 3 is 2.61 bits per heavy atom. The van der Waals surface area contributed by atoms with Crippen LogP contribution in [-0.4, -0.2) is 53.9 Å². The van der Waals surface area contributed by atoms with Crippen molar-refractivity contribution < 1.29 is 9.21 Å². The lowest BCUT2D eigenvalue weighted by Crippen LogP contribution is -2.34. The summed E-state index contributed by atoms with van der Waals surface area (Å²) in [5, 5.41) is 0. The van der Waals surface area contributed by atoms with E-state index in [0.717, 1.165) is 43.7 Å². The Bertz CT molecular complexity index is 962. The molecule has 0 unspecified atom stereocenters. The molecule has 2 heterocycles. The van der Waals surface area contributed by atoms with Gasteiger partial charge in [-0.25, -0.2) is 4.98 Å². The largest absolute Gasteiger partial charge is 0.436 e. The third kappa shape index (κ3) is 3.85. The molecule has 0 aliphatic carbocycles. The molecule has 3 aromatic rings. The predicted octanol–water partition coefficient (Wildman–Crippen LogP) is 4.09. The maximum Gasteiger partial charge on any atom is 0.254 e. The third-order valence-electron chi connectivity index (χ3n) is 5.24. The molecule has 0 atom stereocenters. The van der Waals surface area contributed by atoms with Gasteiger partial charge >= 0.3 is 0 Å². The lowest BCUT2D eigenvalue weighted by atomic mass is 10.1. The highest BCUT2D eigenvalue weighted by atomic mass is 16.4. The number of rotatable bonds is 3. The Morgan fingerprint density at radius 2 is 1.79 bits per heavy atom. The second-order valence-corrected chi connectivity index (χ2v) is 7.39.